The molecular formula is C14H20N4O2S. The number of hydrogen-bond donors (Lipinski definition) is 0. The molecule has 6 nitrogen and oxygen atoms in total. The summed E-state index contributed by atoms with van der Waals surface area (Å²) in [4.78, 5) is 1.88. The van der Waals surface area contributed by atoms with Crippen LogP contribution in [0.1, 0.15) is 37.1 Å². The number of aromatic nitrogens is 2. The molecule has 0 aliphatic carbocycles. The van der Waals surface area contributed by atoms with Gasteiger partial charge in [-0.15, -0.1) is 5.10 Å². The highest BCUT2D eigenvalue weighted by Crippen LogP contribution is 2.24. The molecule has 1 saturated heterocycles. The van der Waals surface area contributed by atoms with Crippen LogP contribution in [0.15, 0.2) is 0 Å². The highest BCUT2D eigenvalue weighted by Gasteiger charge is 2.24. The Hall–Kier alpha value is -1.68. The van der Waals surface area contributed by atoms with Gasteiger partial charge in [0.05, 0.1) is 17.2 Å². The normalized spacial score (nSPS) is 18.0. The molecule has 2 rings (SSSR count). The zero-order chi connectivity index (χ0) is 15.5. The number of nitriles is 1. The van der Waals surface area contributed by atoms with Crippen LogP contribution < -0.4 is 4.90 Å². The van der Waals surface area contributed by atoms with Gasteiger partial charge in [-0.2, -0.15) is 10.4 Å². The summed E-state index contributed by atoms with van der Waals surface area (Å²) in [6, 6.07) is 2.23. The number of nitrogens with zero attached hydrogens (tertiary/aromatic N) is 4. The smallest absolute Gasteiger partial charge is 0.169 e. The van der Waals surface area contributed by atoms with E-state index in [2.05, 4.69) is 16.3 Å². The lowest BCUT2D eigenvalue weighted by molar-refractivity contribution is 0.597. The van der Waals surface area contributed by atoms with Crippen LogP contribution in [-0.4, -0.2) is 43.2 Å². The molecule has 1 aromatic heterocycles. The van der Waals surface area contributed by atoms with Crippen LogP contribution in [-0.2, 0) is 22.7 Å². The van der Waals surface area contributed by atoms with Gasteiger partial charge in [-0.3, -0.25) is 0 Å². The molecule has 0 unspecified atom stereocenters. The second-order valence-electron chi connectivity index (χ2n) is 5.14. The van der Waals surface area contributed by atoms with Crippen molar-refractivity contribution in [3.63, 3.8) is 0 Å². The number of aryl methyl sites for hydroxylation is 1. The lowest BCUT2D eigenvalue weighted by Crippen LogP contribution is -2.29. The lowest BCUT2D eigenvalue weighted by atomic mass is 10.0. The van der Waals surface area contributed by atoms with Crippen molar-refractivity contribution in [3.05, 3.63) is 16.8 Å². The Morgan fingerprint density at radius 3 is 2.57 bits per heavy atom. The van der Waals surface area contributed by atoms with Crippen molar-refractivity contribution < 1.29 is 8.42 Å². The molecular weight excluding hydrogens is 288 g/mol. The Morgan fingerprint density at radius 2 is 1.95 bits per heavy atom. The molecule has 7 heteroatoms. The van der Waals surface area contributed by atoms with Gasteiger partial charge in [0, 0.05) is 13.1 Å². The van der Waals surface area contributed by atoms with Gasteiger partial charge in [0.2, 0.25) is 0 Å². The van der Waals surface area contributed by atoms with Crippen LogP contribution in [0.2, 0.25) is 0 Å². The fourth-order valence-electron chi connectivity index (χ4n) is 2.65. The largest absolute Gasteiger partial charge is 0.353 e. The van der Waals surface area contributed by atoms with E-state index in [9.17, 15) is 13.7 Å². The van der Waals surface area contributed by atoms with Crippen molar-refractivity contribution in [2.45, 2.75) is 33.1 Å². The highest BCUT2D eigenvalue weighted by molar-refractivity contribution is 7.91. The van der Waals surface area contributed by atoms with Gasteiger partial charge in [0.15, 0.2) is 15.7 Å². The van der Waals surface area contributed by atoms with E-state index in [1.807, 2.05) is 18.7 Å². The van der Waals surface area contributed by atoms with Crippen molar-refractivity contribution in [2.24, 2.45) is 0 Å². The SMILES string of the molecule is CCc1nnc(N2CCCS(=O)(=O)CC2)c(C#N)c1CC. The molecule has 21 heavy (non-hydrogen) atoms. The van der Waals surface area contributed by atoms with Crippen molar-refractivity contribution in [1.29, 1.82) is 5.26 Å². The maximum Gasteiger partial charge on any atom is 0.169 e. The summed E-state index contributed by atoms with van der Waals surface area (Å²) >= 11 is 0. The van der Waals surface area contributed by atoms with E-state index in [0.29, 0.717) is 30.9 Å². The van der Waals surface area contributed by atoms with Crippen LogP contribution in [0.3, 0.4) is 0 Å². The molecule has 1 fully saturated rings. The predicted molar refractivity (Wildman–Crippen MR) is 81.0 cm³/mol. The van der Waals surface area contributed by atoms with Gasteiger partial charge in [-0.25, -0.2) is 8.42 Å². The van der Waals surface area contributed by atoms with Crippen molar-refractivity contribution >= 4 is 15.7 Å². The first-order valence-electron chi connectivity index (χ1n) is 7.26. The first-order valence-corrected chi connectivity index (χ1v) is 9.08. The third kappa shape index (κ3) is 3.32. The molecule has 0 atom stereocenters. The molecule has 0 spiro atoms. The molecule has 0 N–H and O–H groups in total. The maximum absolute atomic E-state index is 11.7. The second-order valence-corrected chi connectivity index (χ2v) is 7.44. The zero-order valence-electron chi connectivity index (χ0n) is 12.5. The molecule has 1 aliphatic heterocycles. The van der Waals surface area contributed by atoms with E-state index in [4.69, 9.17) is 0 Å². The van der Waals surface area contributed by atoms with Gasteiger partial charge < -0.3 is 4.90 Å². The topological polar surface area (TPSA) is 87.0 Å². The maximum atomic E-state index is 11.7. The van der Waals surface area contributed by atoms with Crippen LogP contribution >= 0.6 is 0 Å². The summed E-state index contributed by atoms with van der Waals surface area (Å²) in [5, 5.41) is 17.9. The van der Waals surface area contributed by atoms with Crippen LogP contribution in [0.4, 0.5) is 5.82 Å². The van der Waals surface area contributed by atoms with E-state index < -0.39 is 9.84 Å². The number of rotatable bonds is 3. The second kappa shape index (κ2) is 6.39. The van der Waals surface area contributed by atoms with Crippen LogP contribution in [0.5, 0.6) is 0 Å². The molecule has 1 aromatic rings. The summed E-state index contributed by atoms with van der Waals surface area (Å²) in [7, 11) is -2.98. The first kappa shape index (κ1) is 15.7. The quantitative estimate of drug-likeness (QED) is 0.831. The Kier molecular flexibility index (Phi) is 4.78. The van der Waals surface area contributed by atoms with E-state index >= 15 is 0 Å². The number of anilines is 1. The fraction of sp³-hybridized carbons (Fsp3) is 0.643. The summed E-state index contributed by atoms with van der Waals surface area (Å²) < 4.78 is 23.4. The average Bonchev–Trinajstić information content (AvgIpc) is 2.66. The van der Waals surface area contributed by atoms with E-state index in [-0.39, 0.29) is 11.5 Å². The molecule has 0 amide bonds. The summed E-state index contributed by atoms with van der Waals surface area (Å²) in [5.41, 5.74) is 2.32. The minimum absolute atomic E-state index is 0.108. The fourth-order valence-corrected chi connectivity index (χ4v) is 3.92. The van der Waals surface area contributed by atoms with Gasteiger partial charge in [0.25, 0.3) is 0 Å². The Morgan fingerprint density at radius 1 is 1.19 bits per heavy atom. The standard InChI is InChI=1S/C14H20N4O2S/c1-3-11-12(10-15)14(17-16-13(11)4-2)18-6-5-8-21(19,20)9-7-18/h3-9H2,1-2H3. The number of sulfone groups is 1. The minimum atomic E-state index is -2.98. The lowest BCUT2D eigenvalue weighted by Gasteiger charge is -2.22. The van der Waals surface area contributed by atoms with Gasteiger partial charge in [-0.1, -0.05) is 13.8 Å². The molecule has 0 bridgehead atoms. The average molecular weight is 308 g/mol. The molecule has 0 aromatic carbocycles. The van der Waals surface area contributed by atoms with Crippen molar-refractivity contribution in [3.8, 4) is 6.07 Å². The summed E-state index contributed by atoms with van der Waals surface area (Å²) in [6.45, 7) is 4.95. The van der Waals surface area contributed by atoms with Crippen molar-refractivity contribution in [1.82, 2.24) is 10.2 Å². The third-order valence-electron chi connectivity index (χ3n) is 3.79. The van der Waals surface area contributed by atoms with Crippen molar-refractivity contribution in [2.75, 3.05) is 29.5 Å². The minimum Gasteiger partial charge on any atom is -0.353 e. The molecule has 0 saturated carbocycles. The van der Waals surface area contributed by atoms with Crippen LogP contribution in [0, 0.1) is 11.3 Å². The third-order valence-corrected chi connectivity index (χ3v) is 5.51. The predicted octanol–water partition coefficient (Wildman–Crippen LogP) is 1.10. The zero-order valence-corrected chi connectivity index (χ0v) is 13.3. The Balaban J connectivity index is 2.42. The molecule has 1 aliphatic rings. The monoisotopic (exact) mass is 308 g/mol. The Bertz CT molecular complexity index is 664. The summed E-state index contributed by atoms with van der Waals surface area (Å²) in [6.07, 6.45) is 2.02. The molecule has 114 valence electrons. The number of hydrogen-bond acceptors (Lipinski definition) is 6. The first-order chi connectivity index (χ1) is 10.0. The van der Waals surface area contributed by atoms with E-state index in [1.54, 1.807) is 0 Å². The molecule has 0 radical (unpaired) electrons. The van der Waals surface area contributed by atoms with E-state index in [1.165, 1.54) is 0 Å². The Labute approximate surface area is 125 Å². The van der Waals surface area contributed by atoms with Gasteiger partial charge in [-0.05, 0) is 24.8 Å². The van der Waals surface area contributed by atoms with Crippen LogP contribution in [0.25, 0.3) is 0 Å². The highest BCUT2D eigenvalue weighted by atomic mass is 32.2. The summed E-state index contributed by atoms with van der Waals surface area (Å²) in [5.74, 6) is 0.840. The van der Waals surface area contributed by atoms with Gasteiger partial charge >= 0.3 is 0 Å². The van der Waals surface area contributed by atoms with E-state index in [0.717, 1.165) is 24.1 Å². The van der Waals surface area contributed by atoms with Gasteiger partial charge in [0.1, 0.15) is 11.6 Å². The molecule has 2 heterocycles.